The summed E-state index contributed by atoms with van der Waals surface area (Å²) in [4.78, 5) is 5.45. The van der Waals surface area contributed by atoms with Crippen LogP contribution in [0.15, 0.2) is 42.7 Å². The first-order valence-electron chi connectivity index (χ1n) is 9.82. The highest BCUT2D eigenvalue weighted by Crippen LogP contribution is 2.28. The van der Waals surface area contributed by atoms with Crippen LogP contribution in [-0.2, 0) is 13.1 Å². The van der Waals surface area contributed by atoms with Gasteiger partial charge in [-0.3, -0.25) is 14.5 Å². The monoisotopic (exact) mass is 338 g/mol. The van der Waals surface area contributed by atoms with Crippen LogP contribution in [0.1, 0.15) is 37.3 Å². The molecule has 1 aromatic carbocycles. The Labute approximate surface area is 151 Å². The Bertz CT molecular complexity index is 649. The molecule has 0 amide bonds. The zero-order valence-electron chi connectivity index (χ0n) is 15.3. The van der Waals surface area contributed by atoms with E-state index in [1.807, 2.05) is 23.1 Å². The minimum atomic E-state index is 0.776. The molecule has 134 valence electrons. The predicted octanol–water partition coefficient (Wildman–Crippen LogP) is 3.24. The van der Waals surface area contributed by atoms with E-state index in [0.29, 0.717) is 0 Å². The second-order valence-electron chi connectivity index (χ2n) is 7.81. The van der Waals surface area contributed by atoms with E-state index < -0.39 is 0 Å². The molecule has 2 bridgehead atoms. The minimum absolute atomic E-state index is 0.776. The number of hydrogen-bond acceptors (Lipinski definition) is 3. The van der Waals surface area contributed by atoms with Crippen LogP contribution < -0.4 is 0 Å². The molecule has 1 aromatic heterocycles. The Kier molecular flexibility index (Phi) is 5.18. The molecule has 25 heavy (non-hydrogen) atoms. The number of rotatable bonds is 6. The first kappa shape index (κ1) is 16.8. The van der Waals surface area contributed by atoms with Crippen LogP contribution in [0.5, 0.6) is 0 Å². The van der Waals surface area contributed by atoms with E-state index in [0.717, 1.165) is 25.0 Å². The molecule has 3 saturated heterocycles. The molecular formula is C21H30N4. The summed E-state index contributed by atoms with van der Waals surface area (Å²) in [6, 6.07) is 11.9. The van der Waals surface area contributed by atoms with Gasteiger partial charge in [-0.15, -0.1) is 0 Å². The van der Waals surface area contributed by atoms with Gasteiger partial charge in [0.15, 0.2) is 0 Å². The molecule has 2 aromatic rings. The van der Waals surface area contributed by atoms with Gasteiger partial charge in [0.05, 0.1) is 6.54 Å². The number of fused-ring (bicyclic) bond motifs is 4. The van der Waals surface area contributed by atoms with E-state index in [4.69, 9.17) is 0 Å². The van der Waals surface area contributed by atoms with Gasteiger partial charge in [0.1, 0.15) is 0 Å². The van der Waals surface area contributed by atoms with Crippen molar-refractivity contribution in [1.82, 2.24) is 19.6 Å². The summed E-state index contributed by atoms with van der Waals surface area (Å²) in [5.74, 6) is 0.865. The molecule has 4 heterocycles. The standard InChI is InChI=1S/C21H30N4/c1-2-11-24-15-20-8-9-21(24)17-23(14-20)13-18-4-6-19(7-5-18)16-25-12-3-10-22-25/h3-7,10,12,20-21H,2,8-9,11,13-17H2,1H3/t20-,21+/m0/s1. The second kappa shape index (κ2) is 7.71. The fraction of sp³-hybridized carbons (Fsp3) is 0.571. The number of hydrogen-bond donors (Lipinski definition) is 0. The van der Waals surface area contributed by atoms with Crippen LogP contribution in [0.4, 0.5) is 0 Å². The average Bonchev–Trinajstić information content (AvgIpc) is 2.98. The van der Waals surface area contributed by atoms with Gasteiger partial charge in [-0.1, -0.05) is 31.2 Å². The van der Waals surface area contributed by atoms with Crippen molar-refractivity contribution in [3.05, 3.63) is 53.9 Å². The van der Waals surface area contributed by atoms with Gasteiger partial charge in [0.25, 0.3) is 0 Å². The number of aromatic nitrogens is 2. The first-order chi connectivity index (χ1) is 12.3. The summed E-state index contributed by atoms with van der Waals surface area (Å²) < 4.78 is 1.98. The van der Waals surface area contributed by atoms with Crippen molar-refractivity contribution in [1.29, 1.82) is 0 Å². The van der Waals surface area contributed by atoms with Crippen LogP contribution in [-0.4, -0.2) is 51.8 Å². The molecular weight excluding hydrogens is 308 g/mol. The smallest absolute Gasteiger partial charge is 0.0659 e. The molecule has 4 heteroatoms. The topological polar surface area (TPSA) is 24.3 Å². The Balaban J connectivity index is 1.37. The maximum absolute atomic E-state index is 4.29. The summed E-state index contributed by atoms with van der Waals surface area (Å²) in [6.07, 6.45) is 7.95. The average molecular weight is 338 g/mol. The Morgan fingerprint density at radius 3 is 2.52 bits per heavy atom. The van der Waals surface area contributed by atoms with Gasteiger partial charge < -0.3 is 0 Å². The number of nitrogens with zero attached hydrogens (tertiary/aromatic N) is 4. The quantitative estimate of drug-likeness (QED) is 0.808. The molecule has 2 atom stereocenters. The zero-order chi connectivity index (χ0) is 17.1. The van der Waals surface area contributed by atoms with Crippen molar-refractivity contribution in [2.75, 3.05) is 26.2 Å². The SMILES string of the molecule is CCCN1C[C@H]2CC[C@@H]1CN(Cc1ccc(Cn3cccn3)cc1)C2. The van der Waals surface area contributed by atoms with Crippen molar-refractivity contribution in [3.8, 4) is 0 Å². The van der Waals surface area contributed by atoms with Crippen LogP contribution in [0.3, 0.4) is 0 Å². The van der Waals surface area contributed by atoms with E-state index in [1.165, 1.54) is 56.6 Å². The summed E-state index contributed by atoms with van der Waals surface area (Å²) in [6.45, 7) is 9.36. The van der Waals surface area contributed by atoms with Gasteiger partial charge in [0.2, 0.25) is 0 Å². The van der Waals surface area contributed by atoms with Crippen molar-refractivity contribution >= 4 is 0 Å². The van der Waals surface area contributed by atoms with E-state index in [-0.39, 0.29) is 0 Å². The lowest BCUT2D eigenvalue weighted by Crippen LogP contribution is -2.44. The largest absolute Gasteiger partial charge is 0.299 e. The number of piperidine rings is 1. The summed E-state index contributed by atoms with van der Waals surface area (Å²) in [7, 11) is 0. The highest BCUT2D eigenvalue weighted by Gasteiger charge is 2.33. The fourth-order valence-corrected chi connectivity index (χ4v) is 4.56. The molecule has 3 aliphatic heterocycles. The van der Waals surface area contributed by atoms with Gasteiger partial charge in [-0.2, -0.15) is 5.10 Å². The van der Waals surface area contributed by atoms with E-state index in [1.54, 1.807) is 0 Å². The molecule has 0 aliphatic carbocycles. The van der Waals surface area contributed by atoms with E-state index >= 15 is 0 Å². The summed E-state index contributed by atoms with van der Waals surface area (Å²) in [5, 5.41) is 4.29. The lowest BCUT2D eigenvalue weighted by molar-refractivity contribution is 0.131. The minimum Gasteiger partial charge on any atom is -0.299 e. The molecule has 0 N–H and O–H groups in total. The van der Waals surface area contributed by atoms with Gasteiger partial charge in [-0.05, 0) is 48.9 Å². The second-order valence-corrected chi connectivity index (χ2v) is 7.81. The normalized spacial score (nSPS) is 24.5. The van der Waals surface area contributed by atoms with Crippen LogP contribution >= 0.6 is 0 Å². The van der Waals surface area contributed by atoms with E-state index in [9.17, 15) is 0 Å². The van der Waals surface area contributed by atoms with Crippen molar-refractivity contribution in [2.45, 2.75) is 45.3 Å². The zero-order valence-corrected chi connectivity index (χ0v) is 15.3. The molecule has 0 spiro atoms. The predicted molar refractivity (Wildman–Crippen MR) is 101 cm³/mol. The van der Waals surface area contributed by atoms with E-state index in [2.05, 4.69) is 46.1 Å². The lowest BCUT2D eigenvalue weighted by Gasteiger charge is -2.35. The molecule has 0 radical (unpaired) electrons. The molecule has 3 fully saturated rings. The maximum Gasteiger partial charge on any atom is 0.0659 e. The van der Waals surface area contributed by atoms with Gasteiger partial charge in [-0.25, -0.2) is 0 Å². The first-order valence-corrected chi connectivity index (χ1v) is 9.82. The highest BCUT2D eigenvalue weighted by atomic mass is 15.3. The maximum atomic E-state index is 4.29. The molecule has 5 rings (SSSR count). The van der Waals surface area contributed by atoms with Crippen LogP contribution in [0, 0.1) is 5.92 Å². The van der Waals surface area contributed by atoms with Crippen molar-refractivity contribution < 1.29 is 0 Å². The Morgan fingerprint density at radius 2 is 1.80 bits per heavy atom. The lowest BCUT2D eigenvalue weighted by atomic mass is 9.95. The van der Waals surface area contributed by atoms with Gasteiger partial charge in [0, 0.05) is 44.6 Å². The van der Waals surface area contributed by atoms with Gasteiger partial charge >= 0.3 is 0 Å². The third kappa shape index (κ3) is 4.13. The third-order valence-electron chi connectivity index (χ3n) is 5.75. The molecule has 0 unspecified atom stereocenters. The summed E-state index contributed by atoms with van der Waals surface area (Å²) >= 11 is 0. The fourth-order valence-electron chi connectivity index (χ4n) is 4.56. The molecule has 4 nitrogen and oxygen atoms in total. The Morgan fingerprint density at radius 1 is 1.00 bits per heavy atom. The van der Waals surface area contributed by atoms with Crippen molar-refractivity contribution in [3.63, 3.8) is 0 Å². The molecule has 3 aliphatic rings. The molecule has 0 saturated carbocycles. The van der Waals surface area contributed by atoms with Crippen LogP contribution in [0.25, 0.3) is 0 Å². The Hall–Kier alpha value is -1.65. The highest BCUT2D eigenvalue weighted by molar-refractivity contribution is 5.22. The number of benzene rings is 1. The van der Waals surface area contributed by atoms with Crippen molar-refractivity contribution in [2.24, 2.45) is 5.92 Å². The summed E-state index contributed by atoms with van der Waals surface area (Å²) in [5.41, 5.74) is 2.75. The third-order valence-corrected chi connectivity index (χ3v) is 5.75. The van der Waals surface area contributed by atoms with Crippen LogP contribution in [0.2, 0.25) is 0 Å².